The van der Waals surface area contributed by atoms with Crippen molar-refractivity contribution < 1.29 is 4.39 Å². The van der Waals surface area contributed by atoms with Crippen LogP contribution in [0.2, 0.25) is 5.02 Å². The summed E-state index contributed by atoms with van der Waals surface area (Å²) in [5, 5.41) is 0.562. The van der Waals surface area contributed by atoms with Gasteiger partial charge in [-0.3, -0.25) is 4.90 Å². The molecule has 1 aromatic rings. The second-order valence-electron chi connectivity index (χ2n) is 4.48. The molecule has 1 saturated carbocycles. The summed E-state index contributed by atoms with van der Waals surface area (Å²) in [6.07, 6.45) is 2.37. The quantitative estimate of drug-likeness (QED) is 0.878. The number of hydrogen-bond acceptors (Lipinski definition) is 2. The molecule has 0 spiro atoms. The Bertz CT molecular complexity index is 393. The molecule has 2 rings (SSSR count). The highest BCUT2D eigenvalue weighted by atomic mass is 35.5. The largest absolute Gasteiger partial charge is 0.329 e. The van der Waals surface area contributed by atoms with Crippen LogP contribution in [-0.4, -0.2) is 24.0 Å². The van der Waals surface area contributed by atoms with Gasteiger partial charge in [0.05, 0.1) is 6.04 Å². The van der Waals surface area contributed by atoms with E-state index in [1.165, 1.54) is 18.9 Å². The van der Waals surface area contributed by atoms with Gasteiger partial charge in [-0.15, -0.1) is 0 Å². The second kappa shape index (κ2) is 5.34. The van der Waals surface area contributed by atoms with E-state index in [0.29, 0.717) is 23.2 Å². The van der Waals surface area contributed by atoms with Crippen molar-refractivity contribution in [2.75, 3.05) is 13.1 Å². The topological polar surface area (TPSA) is 29.3 Å². The Labute approximate surface area is 107 Å². The van der Waals surface area contributed by atoms with Gasteiger partial charge in [-0.2, -0.15) is 0 Å². The van der Waals surface area contributed by atoms with E-state index in [0.717, 1.165) is 6.54 Å². The predicted molar refractivity (Wildman–Crippen MR) is 68.6 cm³/mol. The van der Waals surface area contributed by atoms with Gasteiger partial charge in [0.2, 0.25) is 0 Å². The highest BCUT2D eigenvalue weighted by molar-refractivity contribution is 6.30. The van der Waals surface area contributed by atoms with Gasteiger partial charge in [0.25, 0.3) is 0 Å². The minimum Gasteiger partial charge on any atom is -0.329 e. The SMILES string of the molecule is CCN(C1CC1)C(CN)c1cc(Cl)ccc1F. The fraction of sp³-hybridized carbons (Fsp3) is 0.538. The van der Waals surface area contributed by atoms with Gasteiger partial charge in [-0.05, 0) is 37.6 Å². The average Bonchev–Trinajstić information content (AvgIpc) is 3.13. The van der Waals surface area contributed by atoms with Crippen LogP contribution in [0.1, 0.15) is 31.4 Å². The van der Waals surface area contributed by atoms with Gasteiger partial charge >= 0.3 is 0 Å². The average molecular weight is 257 g/mol. The van der Waals surface area contributed by atoms with Crippen molar-refractivity contribution in [2.45, 2.75) is 31.8 Å². The summed E-state index contributed by atoms with van der Waals surface area (Å²) < 4.78 is 13.8. The minimum absolute atomic E-state index is 0.0637. The van der Waals surface area contributed by atoms with Crippen molar-refractivity contribution in [3.63, 3.8) is 0 Å². The second-order valence-corrected chi connectivity index (χ2v) is 4.92. The molecule has 1 unspecified atom stereocenters. The number of likely N-dealkylation sites (N-methyl/N-ethyl adjacent to an activating group) is 1. The third-order valence-corrected chi connectivity index (χ3v) is 3.56. The molecule has 1 aliphatic carbocycles. The van der Waals surface area contributed by atoms with Crippen molar-refractivity contribution in [3.8, 4) is 0 Å². The maximum atomic E-state index is 13.8. The third-order valence-electron chi connectivity index (χ3n) is 3.32. The van der Waals surface area contributed by atoms with Crippen LogP contribution in [0.25, 0.3) is 0 Å². The van der Waals surface area contributed by atoms with Crippen molar-refractivity contribution in [3.05, 3.63) is 34.6 Å². The van der Waals surface area contributed by atoms with Crippen LogP contribution in [0, 0.1) is 5.82 Å². The van der Waals surface area contributed by atoms with Crippen LogP contribution in [0.4, 0.5) is 4.39 Å². The van der Waals surface area contributed by atoms with Crippen molar-refractivity contribution in [1.29, 1.82) is 0 Å². The van der Waals surface area contributed by atoms with Gasteiger partial charge in [0.15, 0.2) is 0 Å². The molecule has 0 radical (unpaired) electrons. The van der Waals surface area contributed by atoms with Crippen molar-refractivity contribution >= 4 is 11.6 Å². The third kappa shape index (κ3) is 2.79. The summed E-state index contributed by atoms with van der Waals surface area (Å²) in [5.41, 5.74) is 6.43. The highest BCUT2D eigenvalue weighted by Gasteiger charge is 2.33. The Hall–Kier alpha value is -0.640. The summed E-state index contributed by atoms with van der Waals surface area (Å²) in [4.78, 5) is 2.27. The summed E-state index contributed by atoms with van der Waals surface area (Å²) in [6, 6.07) is 5.18. The van der Waals surface area contributed by atoms with E-state index in [4.69, 9.17) is 17.3 Å². The number of benzene rings is 1. The standard InChI is InChI=1S/C13H18ClFN2/c1-2-17(10-4-5-10)13(8-16)11-7-9(14)3-6-12(11)15/h3,6-7,10,13H,2,4-5,8,16H2,1H3. The molecule has 0 heterocycles. The van der Waals surface area contributed by atoms with E-state index in [9.17, 15) is 4.39 Å². The van der Waals surface area contributed by atoms with Crippen LogP contribution < -0.4 is 5.73 Å². The molecule has 0 bridgehead atoms. The van der Waals surface area contributed by atoms with Crippen LogP contribution in [0.5, 0.6) is 0 Å². The van der Waals surface area contributed by atoms with Gasteiger partial charge in [0, 0.05) is 23.2 Å². The van der Waals surface area contributed by atoms with E-state index >= 15 is 0 Å². The van der Waals surface area contributed by atoms with Gasteiger partial charge in [-0.1, -0.05) is 18.5 Å². The lowest BCUT2D eigenvalue weighted by molar-refractivity contribution is 0.198. The molecule has 0 saturated heterocycles. The summed E-state index contributed by atoms with van der Waals surface area (Å²) in [6.45, 7) is 3.39. The molecule has 4 heteroatoms. The van der Waals surface area contributed by atoms with Crippen LogP contribution in [-0.2, 0) is 0 Å². The normalized spacial score (nSPS) is 17.5. The minimum atomic E-state index is -0.219. The zero-order chi connectivity index (χ0) is 12.4. The lowest BCUT2D eigenvalue weighted by atomic mass is 10.0. The van der Waals surface area contributed by atoms with Crippen LogP contribution in [0.15, 0.2) is 18.2 Å². The molecule has 1 fully saturated rings. The van der Waals surface area contributed by atoms with Crippen molar-refractivity contribution in [1.82, 2.24) is 4.90 Å². The lowest BCUT2D eigenvalue weighted by Gasteiger charge is -2.30. The monoisotopic (exact) mass is 256 g/mol. The maximum Gasteiger partial charge on any atom is 0.128 e. The lowest BCUT2D eigenvalue weighted by Crippen LogP contribution is -2.35. The van der Waals surface area contributed by atoms with Crippen LogP contribution >= 0.6 is 11.6 Å². The summed E-state index contributed by atoms with van der Waals surface area (Å²) in [7, 11) is 0. The van der Waals surface area contributed by atoms with Crippen molar-refractivity contribution in [2.24, 2.45) is 5.73 Å². The van der Waals surface area contributed by atoms with E-state index in [1.54, 1.807) is 12.1 Å². The smallest absolute Gasteiger partial charge is 0.128 e. The summed E-state index contributed by atoms with van der Waals surface area (Å²) >= 11 is 5.93. The molecule has 0 aromatic heterocycles. The predicted octanol–water partition coefficient (Wildman–Crippen LogP) is 2.96. The first kappa shape index (κ1) is 12.8. The van der Waals surface area contributed by atoms with E-state index in [-0.39, 0.29) is 11.9 Å². The Balaban J connectivity index is 2.29. The van der Waals surface area contributed by atoms with E-state index < -0.39 is 0 Å². The zero-order valence-corrected chi connectivity index (χ0v) is 10.8. The summed E-state index contributed by atoms with van der Waals surface area (Å²) in [5.74, 6) is -0.219. The van der Waals surface area contributed by atoms with Gasteiger partial charge in [-0.25, -0.2) is 4.39 Å². The number of hydrogen-bond donors (Lipinski definition) is 1. The zero-order valence-electron chi connectivity index (χ0n) is 10.00. The van der Waals surface area contributed by atoms with Gasteiger partial charge in [0.1, 0.15) is 5.82 Å². The molecule has 2 nitrogen and oxygen atoms in total. The highest BCUT2D eigenvalue weighted by Crippen LogP contribution is 2.35. The number of nitrogens with zero attached hydrogens (tertiary/aromatic N) is 1. The van der Waals surface area contributed by atoms with E-state index in [2.05, 4.69) is 11.8 Å². The number of rotatable bonds is 5. The Kier molecular flexibility index (Phi) is 4.02. The van der Waals surface area contributed by atoms with Crippen LogP contribution in [0.3, 0.4) is 0 Å². The molecule has 1 aromatic carbocycles. The number of halogens is 2. The first-order chi connectivity index (χ1) is 8.17. The molecule has 0 amide bonds. The molecule has 1 atom stereocenters. The van der Waals surface area contributed by atoms with E-state index in [1.807, 2.05) is 0 Å². The number of nitrogens with two attached hydrogens (primary N) is 1. The molecule has 2 N–H and O–H groups in total. The fourth-order valence-electron chi connectivity index (χ4n) is 2.35. The molecule has 1 aliphatic rings. The molecular weight excluding hydrogens is 239 g/mol. The molecule has 94 valence electrons. The Morgan fingerprint density at radius 2 is 2.24 bits per heavy atom. The maximum absolute atomic E-state index is 13.8. The Morgan fingerprint density at radius 1 is 1.53 bits per heavy atom. The first-order valence-electron chi connectivity index (χ1n) is 6.08. The first-order valence-corrected chi connectivity index (χ1v) is 6.46. The molecular formula is C13H18ClFN2. The fourth-order valence-corrected chi connectivity index (χ4v) is 2.53. The Morgan fingerprint density at radius 3 is 2.76 bits per heavy atom. The molecule has 17 heavy (non-hydrogen) atoms. The van der Waals surface area contributed by atoms with Gasteiger partial charge < -0.3 is 5.73 Å². The molecule has 0 aliphatic heterocycles.